The summed E-state index contributed by atoms with van der Waals surface area (Å²) in [5.41, 5.74) is 2.11. The summed E-state index contributed by atoms with van der Waals surface area (Å²) in [5, 5.41) is 3.72. The highest BCUT2D eigenvalue weighted by atomic mass is 16.3. The zero-order valence-corrected chi connectivity index (χ0v) is 10.5. The normalized spacial score (nSPS) is 10.6. The summed E-state index contributed by atoms with van der Waals surface area (Å²) in [6, 6.07) is 16.9. The molecule has 0 saturated heterocycles. The first-order chi connectivity index (χ1) is 9.25. The Hall–Kier alpha value is -2.55. The molecule has 19 heavy (non-hydrogen) atoms. The van der Waals surface area contributed by atoms with Crippen LogP contribution in [0.3, 0.4) is 0 Å². The van der Waals surface area contributed by atoms with Crippen molar-refractivity contribution in [1.82, 2.24) is 0 Å². The van der Waals surface area contributed by atoms with E-state index in [2.05, 4.69) is 5.32 Å². The molecule has 0 aliphatic heterocycles. The molecule has 94 valence electrons. The molecular formula is C16H13NO2. The minimum Gasteiger partial charge on any atom is -0.461 e. The van der Waals surface area contributed by atoms with Gasteiger partial charge in [0.25, 0.3) is 5.91 Å². The first-order valence-electron chi connectivity index (χ1n) is 6.10. The summed E-state index contributed by atoms with van der Waals surface area (Å²) in [7, 11) is 0. The Bertz CT molecular complexity index is 729. The molecule has 1 N–H and O–H groups in total. The number of aryl methyl sites for hydroxylation is 1. The second-order valence-electron chi connectivity index (χ2n) is 4.35. The maximum absolute atomic E-state index is 12.3. The lowest BCUT2D eigenvalue weighted by atomic mass is 10.1. The summed E-state index contributed by atoms with van der Waals surface area (Å²) in [4.78, 5) is 12.3. The fourth-order valence-electron chi connectivity index (χ4n) is 2.17. The van der Waals surface area contributed by atoms with Crippen LogP contribution >= 0.6 is 0 Å². The lowest BCUT2D eigenvalue weighted by Gasteiger charge is -2.04. The highest BCUT2D eigenvalue weighted by molar-refractivity contribution is 6.13. The van der Waals surface area contributed by atoms with Gasteiger partial charge in [-0.15, -0.1) is 0 Å². The number of furan rings is 1. The molecular weight excluding hydrogens is 238 g/mol. The predicted molar refractivity (Wildman–Crippen MR) is 75.3 cm³/mol. The third-order valence-corrected chi connectivity index (χ3v) is 3.03. The number of anilines is 1. The minimum absolute atomic E-state index is 0.145. The number of carbonyl (C=O) groups excluding carboxylic acids is 1. The van der Waals surface area contributed by atoms with Gasteiger partial charge in [-0.05, 0) is 25.1 Å². The molecule has 0 atom stereocenters. The third kappa shape index (κ3) is 2.10. The number of rotatable bonds is 2. The largest absolute Gasteiger partial charge is 0.461 e. The van der Waals surface area contributed by atoms with E-state index < -0.39 is 0 Å². The van der Waals surface area contributed by atoms with Gasteiger partial charge in [-0.25, -0.2) is 0 Å². The Labute approximate surface area is 110 Å². The van der Waals surface area contributed by atoms with Crippen molar-refractivity contribution >= 4 is 22.6 Å². The number of hydrogen-bond acceptors (Lipinski definition) is 2. The van der Waals surface area contributed by atoms with Crippen molar-refractivity contribution in [1.29, 1.82) is 0 Å². The van der Waals surface area contributed by atoms with Crippen molar-refractivity contribution in [2.45, 2.75) is 6.92 Å². The Morgan fingerprint density at radius 1 is 1.00 bits per heavy atom. The molecule has 1 amide bonds. The van der Waals surface area contributed by atoms with Gasteiger partial charge in [0.1, 0.15) is 11.3 Å². The molecule has 3 aromatic rings. The molecule has 3 rings (SSSR count). The van der Waals surface area contributed by atoms with Crippen LogP contribution in [-0.2, 0) is 0 Å². The van der Waals surface area contributed by atoms with Gasteiger partial charge in [0, 0.05) is 11.1 Å². The number of para-hydroxylation sites is 2. The maximum Gasteiger partial charge on any atom is 0.259 e. The zero-order chi connectivity index (χ0) is 13.2. The van der Waals surface area contributed by atoms with Crippen LogP contribution < -0.4 is 5.32 Å². The molecule has 2 aromatic carbocycles. The molecule has 0 aliphatic rings. The van der Waals surface area contributed by atoms with Gasteiger partial charge in [-0.3, -0.25) is 4.79 Å². The quantitative estimate of drug-likeness (QED) is 0.748. The third-order valence-electron chi connectivity index (χ3n) is 3.03. The summed E-state index contributed by atoms with van der Waals surface area (Å²) in [6.07, 6.45) is 0. The monoisotopic (exact) mass is 251 g/mol. The van der Waals surface area contributed by atoms with Gasteiger partial charge >= 0.3 is 0 Å². The number of nitrogens with one attached hydrogen (secondary N) is 1. The molecule has 0 aliphatic carbocycles. The van der Waals surface area contributed by atoms with Crippen LogP contribution in [0.15, 0.2) is 59.0 Å². The van der Waals surface area contributed by atoms with Crippen molar-refractivity contribution in [3.63, 3.8) is 0 Å². The van der Waals surface area contributed by atoms with Crippen molar-refractivity contribution in [2.24, 2.45) is 0 Å². The van der Waals surface area contributed by atoms with Gasteiger partial charge in [-0.2, -0.15) is 0 Å². The van der Waals surface area contributed by atoms with E-state index >= 15 is 0 Å². The average molecular weight is 251 g/mol. The van der Waals surface area contributed by atoms with Crippen molar-refractivity contribution in [2.75, 3.05) is 5.32 Å². The van der Waals surface area contributed by atoms with E-state index in [0.717, 1.165) is 16.7 Å². The van der Waals surface area contributed by atoms with Crippen LogP contribution in [0.4, 0.5) is 5.69 Å². The fourth-order valence-corrected chi connectivity index (χ4v) is 2.17. The van der Waals surface area contributed by atoms with Crippen LogP contribution in [0.1, 0.15) is 16.1 Å². The molecule has 1 aromatic heterocycles. The minimum atomic E-state index is -0.145. The van der Waals surface area contributed by atoms with Gasteiger partial charge in [0.05, 0.1) is 5.56 Å². The second-order valence-corrected chi connectivity index (χ2v) is 4.35. The standard InChI is InChI=1S/C16H13NO2/c1-11-15(13-9-5-6-10-14(13)19-11)16(18)17-12-7-3-2-4-8-12/h2-10H,1H3,(H,17,18). The molecule has 1 heterocycles. The van der Waals surface area contributed by atoms with E-state index in [-0.39, 0.29) is 5.91 Å². The van der Waals surface area contributed by atoms with Crippen molar-refractivity contribution in [3.05, 3.63) is 65.9 Å². The Balaban J connectivity index is 2.00. The fraction of sp³-hybridized carbons (Fsp3) is 0.0625. The van der Waals surface area contributed by atoms with Crippen LogP contribution in [0.5, 0.6) is 0 Å². The zero-order valence-electron chi connectivity index (χ0n) is 10.5. The topological polar surface area (TPSA) is 42.2 Å². The highest BCUT2D eigenvalue weighted by Crippen LogP contribution is 2.25. The molecule has 3 nitrogen and oxygen atoms in total. The number of hydrogen-bond donors (Lipinski definition) is 1. The van der Waals surface area contributed by atoms with E-state index in [1.807, 2.05) is 54.6 Å². The van der Waals surface area contributed by atoms with E-state index in [0.29, 0.717) is 11.3 Å². The van der Waals surface area contributed by atoms with Crippen molar-refractivity contribution < 1.29 is 9.21 Å². The molecule has 0 radical (unpaired) electrons. The summed E-state index contributed by atoms with van der Waals surface area (Å²) < 4.78 is 5.60. The lowest BCUT2D eigenvalue weighted by Crippen LogP contribution is -2.12. The van der Waals surface area contributed by atoms with Crippen LogP contribution in [-0.4, -0.2) is 5.91 Å². The van der Waals surface area contributed by atoms with Gasteiger partial charge in [-0.1, -0.05) is 36.4 Å². The number of amides is 1. The molecule has 0 spiro atoms. The average Bonchev–Trinajstić information content (AvgIpc) is 2.75. The summed E-state index contributed by atoms with van der Waals surface area (Å²) in [6.45, 7) is 1.81. The summed E-state index contributed by atoms with van der Waals surface area (Å²) >= 11 is 0. The Morgan fingerprint density at radius 2 is 1.68 bits per heavy atom. The maximum atomic E-state index is 12.3. The Kier molecular flexibility index (Phi) is 2.80. The smallest absolute Gasteiger partial charge is 0.259 e. The van der Waals surface area contributed by atoms with E-state index in [1.165, 1.54) is 0 Å². The number of fused-ring (bicyclic) bond motifs is 1. The predicted octanol–water partition coefficient (Wildman–Crippen LogP) is 3.99. The van der Waals surface area contributed by atoms with Crippen LogP contribution in [0, 0.1) is 6.92 Å². The number of carbonyl (C=O) groups is 1. The van der Waals surface area contributed by atoms with Gasteiger partial charge in [0.15, 0.2) is 0 Å². The van der Waals surface area contributed by atoms with Crippen LogP contribution in [0.2, 0.25) is 0 Å². The molecule has 0 unspecified atom stereocenters. The van der Waals surface area contributed by atoms with E-state index in [1.54, 1.807) is 6.92 Å². The lowest BCUT2D eigenvalue weighted by molar-refractivity contribution is 0.102. The first-order valence-corrected chi connectivity index (χ1v) is 6.10. The van der Waals surface area contributed by atoms with Gasteiger partial charge < -0.3 is 9.73 Å². The number of benzene rings is 2. The molecule has 0 saturated carbocycles. The van der Waals surface area contributed by atoms with Gasteiger partial charge in [0.2, 0.25) is 0 Å². The summed E-state index contributed by atoms with van der Waals surface area (Å²) in [5.74, 6) is 0.489. The second kappa shape index (κ2) is 4.61. The Morgan fingerprint density at radius 3 is 2.47 bits per heavy atom. The highest BCUT2D eigenvalue weighted by Gasteiger charge is 2.17. The van der Waals surface area contributed by atoms with E-state index in [9.17, 15) is 4.79 Å². The SMILES string of the molecule is Cc1oc2ccccc2c1C(=O)Nc1ccccc1. The first kappa shape index (κ1) is 11.5. The van der Waals surface area contributed by atoms with Crippen molar-refractivity contribution in [3.8, 4) is 0 Å². The molecule has 3 heteroatoms. The van der Waals surface area contributed by atoms with E-state index in [4.69, 9.17) is 4.42 Å². The molecule has 0 bridgehead atoms. The van der Waals surface area contributed by atoms with Crippen LogP contribution in [0.25, 0.3) is 11.0 Å². The molecule has 0 fully saturated rings.